The minimum atomic E-state index is -3.82. The average Bonchev–Trinajstić information content (AvgIpc) is 2.83. The molecule has 1 atom stereocenters. The fraction of sp³-hybridized carbons (Fsp3) is 0.462. The largest absolute Gasteiger partial charge is 0.384 e. The maximum Gasteiger partial charge on any atom is 0.303 e. The molecule has 0 spiro atoms. The van der Waals surface area contributed by atoms with E-state index < -0.39 is 36.1 Å². The highest BCUT2D eigenvalue weighted by atomic mass is 31.2. The van der Waals surface area contributed by atoms with Crippen LogP contribution in [0.5, 0.6) is 0 Å². The summed E-state index contributed by atoms with van der Waals surface area (Å²) in [6.45, 7) is 7.37. The van der Waals surface area contributed by atoms with Gasteiger partial charge in [-0.05, 0) is 39.8 Å². The van der Waals surface area contributed by atoms with Crippen LogP contribution >= 0.6 is 7.14 Å². The van der Waals surface area contributed by atoms with Gasteiger partial charge in [-0.1, -0.05) is 12.1 Å². The Morgan fingerprint density at radius 3 is 2.47 bits per heavy atom. The first-order valence-electron chi connectivity index (χ1n) is 12.3. The third-order valence-electron chi connectivity index (χ3n) is 6.96. The van der Waals surface area contributed by atoms with Crippen LogP contribution < -0.4 is 10.8 Å². The van der Waals surface area contributed by atoms with Gasteiger partial charge in [-0.25, -0.2) is 14.4 Å². The van der Waals surface area contributed by atoms with Gasteiger partial charge in [0.25, 0.3) is 0 Å². The molecule has 3 heterocycles. The number of amides is 1. The molecule has 1 aliphatic heterocycles. The van der Waals surface area contributed by atoms with E-state index in [-0.39, 0.29) is 11.5 Å². The Morgan fingerprint density at radius 1 is 1.21 bits per heavy atom. The second kappa shape index (κ2) is 9.93. The lowest BCUT2D eigenvalue weighted by Gasteiger charge is -2.31. The van der Waals surface area contributed by atoms with E-state index in [1.165, 1.54) is 25.3 Å². The van der Waals surface area contributed by atoms with Crippen LogP contribution in [0.3, 0.4) is 0 Å². The maximum absolute atomic E-state index is 15.4. The first-order chi connectivity index (χ1) is 17.6. The van der Waals surface area contributed by atoms with Crippen LogP contribution in [0.2, 0.25) is 0 Å². The van der Waals surface area contributed by atoms with Gasteiger partial charge in [-0.3, -0.25) is 9.78 Å². The molecule has 0 aliphatic carbocycles. The van der Waals surface area contributed by atoms with Crippen molar-refractivity contribution in [2.24, 2.45) is 0 Å². The molecule has 0 saturated carbocycles. The van der Waals surface area contributed by atoms with E-state index in [0.29, 0.717) is 53.4 Å². The lowest BCUT2D eigenvalue weighted by Crippen LogP contribution is -2.41. The quantitative estimate of drug-likeness (QED) is 0.440. The van der Waals surface area contributed by atoms with Gasteiger partial charge in [0.15, 0.2) is 0 Å². The van der Waals surface area contributed by atoms with Crippen LogP contribution in [0.4, 0.5) is 19.0 Å². The van der Waals surface area contributed by atoms with Crippen molar-refractivity contribution in [2.75, 3.05) is 30.7 Å². The summed E-state index contributed by atoms with van der Waals surface area (Å²) < 4.78 is 58.7. The van der Waals surface area contributed by atoms with Crippen molar-refractivity contribution in [3.63, 3.8) is 0 Å². The second-order valence-corrected chi connectivity index (χ2v) is 13.4. The van der Waals surface area contributed by atoms with Gasteiger partial charge >= 0.3 is 5.92 Å². The number of fused-ring (bicyclic) bond motifs is 1. The predicted molar refractivity (Wildman–Crippen MR) is 140 cm³/mol. The smallest absolute Gasteiger partial charge is 0.303 e. The lowest BCUT2D eigenvalue weighted by molar-refractivity contribution is -0.170. The predicted octanol–water partition coefficient (Wildman–Crippen LogP) is 4.36. The number of aliphatic hydroxyl groups is 1. The van der Waals surface area contributed by atoms with Gasteiger partial charge in [0, 0.05) is 43.3 Å². The standard InChI is InChI=1S/C26H31F3N5O3P/c1-15(18-7-6-8-20(23(18)27)26(28,29)25(4,5)36)31-24-19-13-22(30-14-21(19)32-16(2)33-24)38(37)11-9-34(10-12-38)17(3)35/h6-8,13-15,36H,9-12H2,1-5H3,(H,31,32,33). The van der Waals surface area contributed by atoms with Gasteiger partial charge < -0.3 is 19.9 Å². The summed E-state index contributed by atoms with van der Waals surface area (Å²) in [6.07, 6.45) is 2.13. The second-order valence-electron chi connectivity index (χ2n) is 10.2. The third-order valence-corrected chi connectivity index (χ3v) is 9.88. The van der Waals surface area contributed by atoms with Crippen molar-refractivity contribution in [3.8, 4) is 0 Å². The molecule has 3 aromatic rings. The molecular formula is C26H31F3N5O3P. The monoisotopic (exact) mass is 549 g/mol. The molecule has 0 radical (unpaired) electrons. The normalized spacial score (nSPS) is 16.9. The summed E-state index contributed by atoms with van der Waals surface area (Å²) >= 11 is 0. The van der Waals surface area contributed by atoms with Crippen molar-refractivity contribution in [1.82, 2.24) is 19.9 Å². The number of benzene rings is 1. The Morgan fingerprint density at radius 2 is 1.87 bits per heavy atom. The van der Waals surface area contributed by atoms with Crippen LogP contribution in [-0.2, 0) is 15.3 Å². The molecule has 1 unspecified atom stereocenters. The lowest BCUT2D eigenvalue weighted by atomic mass is 9.91. The van der Waals surface area contributed by atoms with E-state index in [2.05, 4.69) is 20.3 Å². The number of aryl methyl sites for hydroxylation is 1. The van der Waals surface area contributed by atoms with Crippen molar-refractivity contribution >= 4 is 35.2 Å². The summed E-state index contributed by atoms with van der Waals surface area (Å²) in [5.74, 6) is -4.29. The maximum atomic E-state index is 15.4. The number of halogens is 3. The molecule has 204 valence electrons. The molecule has 2 aromatic heterocycles. The summed E-state index contributed by atoms with van der Waals surface area (Å²) in [4.78, 5) is 26.6. The fourth-order valence-electron chi connectivity index (χ4n) is 4.54. The zero-order valence-electron chi connectivity index (χ0n) is 21.9. The zero-order valence-corrected chi connectivity index (χ0v) is 22.8. The number of alkyl halides is 2. The van der Waals surface area contributed by atoms with Gasteiger partial charge in [-0.2, -0.15) is 8.78 Å². The Bertz CT molecular complexity index is 1430. The Hall–Kier alpha value is -3.04. The Kier molecular flexibility index (Phi) is 7.31. The number of nitrogens with zero attached hydrogens (tertiary/aromatic N) is 4. The van der Waals surface area contributed by atoms with Crippen LogP contribution in [0.1, 0.15) is 50.7 Å². The molecule has 8 nitrogen and oxygen atoms in total. The summed E-state index contributed by atoms with van der Waals surface area (Å²) in [7, 11) is -2.88. The topological polar surface area (TPSA) is 108 Å². The first-order valence-corrected chi connectivity index (χ1v) is 14.4. The summed E-state index contributed by atoms with van der Waals surface area (Å²) in [6, 6.07) is 4.53. The first kappa shape index (κ1) is 28.0. The molecule has 0 bridgehead atoms. The van der Waals surface area contributed by atoms with Crippen molar-refractivity contribution in [2.45, 2.75) is 52.2 Å². The zero-order chi connectivity index (χ0) is 28.0. The Labute approximate surface area is 219 Å². The number of carbonyl (C=O) groups is 1. The molecule has 38 heavy (non-hydrogen) atoms. The highest BCUT2D eigenvalue weighted by Gasteiger charge is 2.49. The van der Waals surface area contributed by atoms with E-state index in [1.807, 2.05) is 0 Å². The van der Waals surface area contributed by atoms with Gasteiger partial charge in [-0.15, -0.1) is 0 Å². The van der Waals surface area contributed by atoms with Crippen LogP contribution in [0.15, 0.2) is 30.5 Å². The van der Waals surface area contributed by atoms with Crippen LogP contribution in [0, 0.1) is 12.7 Å². The van der Waals surface area contributed by atoms with Crippen molar-refractivity contribution in [1.29, 1.82) is 0 Å². The number of aromatic nitrogens is 3. The molecule has 1 fully saturated rings. The molecule has 1 aliphatic rings. The highest BCUT2D eigenvalue weighted by Crippen LogP contribution is 2.46. The van der Waals surface area contributed by atoms with E-state index >= 15 is 4.39 Å². The number of rotatable bonds is 6. The third kappa shape index (κ3) is 5.14. The fourth-order valence-corrected chi connectivity index (χ4v) is 6.98. The minimum absolute atomic E-state index is 0.0329. The van der Waals surface area contributed by atoms with Crippen LogP contribution in [0.25, 0.3) is 10.9 Å². The molecular weight excluding hydrogens is 518 g/mol. The van der Waals surface area contributed by atoms with Gasteiger partial charge in [0.1, 0.15) is 35.6 Å². The molecule has 4 rings (SSSR count). The van der Waals surface area contributed by atoms with E-state index in [1.54, 1.807) is 24.8 Å². The number of anilines is 1. The number of nitrogens with one attached hydrogen (secondary N) is 1. The molecule has 1 aromatic carbocycles. The van der Waals surface area contributed by atoms with E-state index in [4.69, 9.17) is 0 Å². The molecule has 12 heteroatoms. The number of hydrogen-bond acceptors (Lipinski definition) is 7. The SMILES string of the molecule is CC(=O)N1CCP(=O)(c2cc3c(NC(C)c4cccc(C(F)(F)C(C)(C)O)c4F)nc(C)nc3cn2)CC1. The van der Waals surface area contributed by atoms with Crippen LogP contribution in [-0.4, -0.2) is 61.9 Å². The van der Waals surface area contributed by atoms with Crippen molar-refractivity contribution < 1.29 is 27.6 Å². The molecule has 1 saturated heterocycles. The van der Waals surface area contributed by atoms with Crippen molar-refractivity contribution in [3.05, 3.63) is 53.2 Å². The molecule has 1 amide bonds. The highest BCUT2D eigenvalue weighted by molar-refractivity contribution is 7.71. The number of hydrogen-bond donors (Lipinski definition) is 2. The Balaban J connectivity index is 1.70. The average molecular weight is 550 g/mol. The summed E-state index contributed by atoms with van der Waals surface area (Å²) in [5, 5.41) is 13.5. The molecule has 2 N–H and O–H groups in total. The van der Waals surface area contributed by atoms with Gasteiger partial charge in [0.05, 0.1) is 23.3 Å². The van der Waals surface area contributed by atoms with Gasteiger partial charge in [0.2, 0.25) is 5.91 Å². The number of pyridine rings is 1. The van der Waals surface area contributed by atoms with E-state index in [9.17, 15) is 23.2 Å². The number of carbonyl (C=O) groups excluding carboxylic acids is 1. The minimum Gasteiger partial charge on any atom is -0.384 e. The summed E-state index contributed by atoms with van der Waals surface area (Å²) in [5.41, 5.74) is -2.53. The van der Waals surface area contributed by atoms with E-state index in [0.717, 1.165) is 19.9 Å².